The topological polar surface area (TPSA) is 92.8 Å². The van der Waals surface area contributed by atoms with Gasteiger partial charge in [0.05, 0.1) is 34.5 Å². The number of rotatable bonds is 7. The maximum atomic E-state index is 12.5. The lowest BCUT2D eigenvalue weighted by Crippen LogP contribution is -2.50. The third-order valence-electron chi connectivity index (χ3n) is 5.80. The summed E-state index contributed by atoms with van der Waals surface area (Å²) in [6, 6.07) is 3.52. The van der Waals surface area contributed by atoms with Gasteiger partial charge in [-0.15, -0.1) is 0 Å². The summed E-state index contributed by atoms with van der Waals surface area (Å²) in [5, 5.41) is 0. The van der Waals surface area contributed by atoms with Gasteiger partial charge in [-0.25, -0.2) is 9.59 Å². The van der Waals surface area contributed by atoms with E-state index in [-0.39, 0.29) is 30.2 Å². The normalized spacial score (nSPS) is 25.3. The summed E-state index contributed by atoms with van der Waals surface area (Å²) in [5.74, 6) is 0.368. The van der Waals surface area contributed by atoms with E-state index in [2.05, 4.69) is 0 Å². The minimum absolute atomic E-state index is 0.0407. The Morgan fingerprint density at radius 1 is 1.13 bits per heavy atom. The van der Waals surface area contributed by atoms with E-state index in [9.17, 15) is 9.59 Å². The van der Waals surface area contributed by atoms with E-state index >= 15 is 0 Å². The number of methoxy groups -OCH3 is 4. The second-order valence-electron chi connectivity index (χ2n) is 7.42. The highest BCUT2D eigenvalue weighted by molar-refractivity contribution is 5.86. The van der Waals surface area contributed by atoms with Crippen LogP contribution < -0.4 is 14.2 Å². The molecule has 9 heteroatoms. The zero-order valence-electron chi connectivity index (χ0n) is 18.7. The van der Waals surface area contributed by atoms with Gasteiger partial charge in [-0.1, -0.05) is 13.8 Å². The Labute approximate surface area is 181 Å². The van der Waals surface area contributed by atoms with E-state index < -0.39 is 18.3 Å². The predicted molar refractivity (Wildman–Crippen MR) is 110 cm³/mol. The van der Waals surface area contributed by atoms with Crippen molar-refractivity contribution in [3.05, 3.63) is 29.5 Å². The van der Waals surface area contributed by atoms with Gasteiger partial charge in [0.15, 0.2) is 17.7 Å². The molecule has 9 nitrogen and oxygen atoms in total. The van der Waals surface area contributed by atoms with Crippen LogP contribution in [0.1, 0.15) is 31.7 Å². The minimum atomic E-state index is -0.705. The molecule has 1 aromatic carbocycles. The molecule has 0 aromatic heterocycles. The molecule has 1 amide bonds. The molecule has 1 aromatic rings. The molecule has 0 radical (unpaired) electrons. The summed E-state index contributed by atoms with van der Waals surface area (Å²) >= 11 is 0. The summed E-state index contributed by atoms with van der Waals surface area (Å²) in [5.41, 5.74) is 0.817. The first-order valence-electron chi connectivity index (χ1n) is 10.1. The van der Waals surface area contributed by atoms with Crippen LogP contribution in [0.15, 0.2) is 24.0 Å². The lowest BCUT2D eigenvalue weighted by molar-refractivity contribution is -0.146. The van der Waals surface area contributed by atoms with Crippen LogP contribution in [0.4, 0.5) is 4.79 Å². The number of cyclic esters (lactones) is 1. The molecule has 2 aliphatic rings. The number of allylic oxidation sites excluding steroid dienone is 1. The van der Waals surface area contributed by atoms with E-state index in [1.807, 2.05) is 26.0 Å². The molecule has 31 heavy (non-hydrogen) atoms. The highest BCUT2D eigenvalue weighted by atomic mass is 16.6. The molecule has 170 valence electrons. The van der Waals surface area contributed by atoms with Crippen LogP contribution >= 0.6 is 0 Å². The second-order valence-corrected chi connectivity index (χ2v) is 7.42. The Kier molecular flexibility index (Phi) is 6.82. The SMILES string of the molecule is CC[C@@H]1COC(=O)N1[C@H]1OC(C(=O)OC)=C[C@@H](c2cc(OC)c(OC)c(OC)c2)[C@@H]1C. The highest BCUT2D eigenvalue weighted by Gasteiger charge is 2.46. The maximum Gasteiger partial charge on any atom is 0.413 e. The Morgan fingerprint density at radius 3 is 2.29 bits per heavy atom. The molecule has 0 N–H and O–H groups in total. The lowest BCUT2D eigenvalue weighted by atomic mass is 9.82. The minimum Gasteiger partial charge on any atom is -0.493 e. The van der Waals surface area contributed by atoms with E-state index in [1.54, 1.807) is 25.2 Å². The van der Waals surface area contributed by atoms with Crippen molar-refractivity contribution in [1.29, 1.82) is 0 Å². The average molecular weight is 435 g/mol. The van der Waals surface area contributed by atoms with Crippen LogP contribution in [0.3, 0.4) is 0 Å². The molecule has 0 unspecified atom stereocenters. The fraction of sp³-hybridized carbons (Fsp3) is 0.545. The molecule has 0 saturated carbocycles. The molecular formula is C22H29NO8. The van der Waals surface area contributed by atoms with Gasteiger partial charge in [0.25, 0.3) is 0 Å². The first-order valence-corrected chi connectivity index (χ1v) is 10.1. The summed E-state index contributed by atoms with van der Waals surface area (Å²) < 4.78 is 32.5. The molecule has 2 heterocycles. The number of benzene rings is 1. The number of carbonyl (C=O) groups excluding carboxylic acids is 2. The molecular weight excluding hydrogens is 406 g/mol. The number of hydrogen-bond acceptors (Lipinski definition) is 8. The van der Waals surface area contributed by atoms with Crippen molar-refractivity contribution in [2.45, 2.75) is 38.5 Å². The van der Waals surface area contributed by atoms with Gasteiger partial charge in [0.1, 0.15) is 6.61 Å². The van der Waals surface area contributed by atoms with E-state index in [1.165, 1.54) is 14.2 Å². The Hall–Kier alpha value is -3.10. The van der Waals surface area contributed by atoms with E-state index in [0.717, 1.165) is 5.56 Å². The first-order chi connectivity index (χ1) is 14.9. The highest BCUT2D eigenvalue weighted by Crippen LogP contribution is 2.45. The average Bonchev–Trinajstić information content (AvgIpc) is 3.17. The fourth-order valence-corrected chi connectivity index (χ4v) is 4.09. The largest absolute Gasteiger partial charge is 0.493 e. The van der Waals surface area contributed by atoms with Crippen LogP contribution in [0, 0.1) is 5.92 Å². The standard InChI is InChI=1S/C22H29NO8/c1-7-14-11-30-22(25)23(14)20-12(2)15(10-18(31-20)21(24)29-6)13-8-16(26-3)19(28-5)17(9-13)27-4/h8-10,12,14-15,20H,7,11H2,1-6H3/t12-,14+,15+,20-/m0/s1. The quantitative estimate of drug-likeness (QED) is 0.604. The van der Waals surface area contributed by atoms with E-state index in [4.69, 9.17) is 28.4 Å². The lowest BCUT2D eigenvalue weighted by Gasteiger charge is -2.40. The van der Waals surface area contributed by atoms with Crippen LogP contribution in [0.25, 0.3) is 0 Å². The predicted octanol–water partition coefficient (Wildman–Crippen LogP) is 3.08. The van der Waals surface area contributed by atoms with Crippen molar-refractivity contribution in [3.63, 3.8) is 0 Å². The molecule has 0 spiro atoms. The monoisotopic (exact) mass is 435 g/mol. The van der Waals surface area contributed by atoms with Gasteiger partial charge in [-0.3, -0.25) is 4.90 Å². The summed E-state index contributed by atoms with van der Waals surface area (Å²) in [4.78, 5) is 26.4. The van der Waals surface area contributed by atoms with Gasteiger partial charge < -0.3 is 28.4 Å². The molecule has 1 fully saturated rings. The van der Waals surface area contributed by atoms with Crippen molar-refractivity contribution in [3.8, 4) is 17.2 Å². The van der Waals surface area contributed by atoms with Crippen LogP contribution in [0.5, 0.6) is 17.2 Å². The van der Waals surface area contributed by atoms with Crippen molar-refractivity contribution < 1.29 is 38.0 Å². The summed E-state index contributed by atoms with van der Waals surface area (Å²) in [7, 11) is 5.90. The third-order valence-corrected chi connectivity index (χ3v) is 5.80. The number of ether oxygens (including phenoxy) is 6. The van der Waals surface area contributed by atoms with E-state index in [0.29, 0.717) is 23.7 Å². The summed E-state index contributed by atoms with van der Waals surface area (Å²) in [6.07, 6.45) is 1.24. The molecule has 0 bridgehead atoms. The zero-order chi connectivity index (χ0) is 22.7. The van der Waals surface area contributed by atoms with Crippen molar-refractivity contribution in [2.75, 3.05) is 35.0 Å². The van der Waals surface area contributed by atoms with Gasteiger partial charge in [-0.05, 0) is 30.2 Å². The van der Waals surface area contributed by atoms with Crippen molar-refractivity contribution >= 4 is 12.1 Å². The molecule has 4 atom stereocenters. The number of hydrogen-bond donors (Lipinski definition) is 0. The Bertz CT molecular complexity index is 842. The zero-order valence-corrected chi connectivity index (χ0v) is 18.7. The number of esters is 1. The number of amides is 1. The molecule has 3 rings (SSSR count). The van der Waals surface area contributed by atoms with Crippen molar-refractivity contribution in [1.82, 2.24) is 4.90 Å². The van der Waals surface area contributed by atoms with Gasteiger partial charge in [0, 0.05) is 11.8 Å². The molecule has 0 aliphatic carbocycles. The summed E-state index contributed by atoms with van der Waals surface area (Å²) in [6.45, 7) is 4.22. The maximum absolute atomic E-state index is 12.5. The third kappa shape index (κ3) is 4.08. The number of carbonyl (C=O) groups is 2. The Balaban J connectivity index is 2.09. The smallest absolute Gasteiger partial charge is 0.413 e. The van der Waals surface area contributed by atoms with Gasteiger partial charge >= 0.3 is 12.1 Å². The van der Waals surface area contributed by atoms with Crippen LogP contribution in [-0.2, 0) is 19.0 Å². The Morgan fingerprint density at radius 2 is 1.77 bits per heavy atom. The number of nitrogens with zero attached hydrogens (tertiary/aromatic N) is 1. The second kappa shape index (κ2) is 9.36. The van der Waals surface area contributed by atoms with Crippen LogP contribution in [0.2, 0.25) is 0 Å². The van der Waals surface area contributed by atoms with Crippen molar-refractivity contribution in [2.24, 2.45) is 5.92 Å². The first kappa shape index (κ1) is 22.6. The molecule has 1 saturated heterocycles. The van der Waals surface area contributed by atoms with Gasteiger partial charge in [0.2, 0.25) is 11.5 Å². The fourth-order valence-electron chi connectivity index (χ4n) is 4.09. The van der Waals surface area contributed by atoms with Crippen LogP contribution in [-0.4, -0.2) is 64.3 Å². The molecule has 2 aliphatic heterocycles. The van der Waals surface area contributed by atoms with Gasteiger partial charge in [-0.2, -0.15) is 0 Å².